The van der Waals surface area contributed by atoms with E-state index in [0.717, 1.165) is 12.1 Å². The van der Waals surface area contributed by atoms with Gasteiger partial charge in [-0.05, 0) is 18.2 Å². The van der Waals surface area contributed by atoms with Crippen molar-refractivity contribution in [2.45, 2.75) is 30.5 Å². The molecular formula is C14H14F3NO4. The van der Waals surface area contributed by atoms with E-state index in [2.05, 4.69) is 5.32 Å². The van der Waals surface area contributed by atoms with Gasteiger partial charge in [-0.1, -0.05) is 6.07 Å². The molecule has 1 amide bonds. The molecule has 1 aromatic rings. The van der Waals surface area contributed by atoms with Gasteiger partial charge in [0.25, 0.3) is 5.91 Å². The molecule has 2 aliphatic rings. The molecular weight excluding hydrogens is 303 g/mol. The van der Waals surface area contributed by atoms with Crippen molar-refractivity contribution in [1.29, 1.82) is 0 Å². The van der Waals surface area contributed by atoms with Crippen LogP contribution in [0.5, 0.6) is 0 Å². The summed E-state index contributed by atoms with van der Waals surface area (Å²) in [4.78, 5) is 12.1. The van der Waals surface area contributed by atoms with Gasteiger partial charge >= 0.3 is 6.18 Å². The third kappa shape index (κ3) is 2.81. The Bertz CT molecular complexity index is 577. The lowest BCUT2D eigenvalue weighted by molar-refractivity contribution is -0.137. The average Bonchev–Trinajstić information content (AvgIpc) is 3.03. The molecule has 2 heterocycles. The normalized spacial score (nSPS) is 31.1. The topological polar surface area (TPSA) is 67.8 Å². The van der Waals surface area contributed by atoms with Gasteiger partial charge in [0, 0.05) is 5.56 Å². The Kier molecular flexibility index (Phi) is 3.84. The molecule has 0 bridgehead atoms. The van der Waals surface area contributed by atoms with Crippen LogP contribution >= 0.6 is 0 Å². The second kappa shape index (κ2) is 5.53. The molecule has 2 N–H and O–H groups in total. The van der Waals surface area contributed by atoms with Gasteiger partial charge in [0.05, 0.1) is 24.8 Å². The van der Waals surface area contributed by atoms with Gasteiger partial charge < -0.3 is 19.9 Å². The zero-order chi connectivity index (χ0) is 15.9. The molecule has 3 rings (SSSR count). The van der Waals surface area contributed by atoms with Crippen molar-refractivity contribution in [1.82, 2.24) is 5.32 Å². The lowest BCUT2D eigenvalue weighted by Crippen LogP contribution is -2.44. The van der Waals surface area contributed by atoms with Gasteiger partial charge in [0.1, 0.15) is 18.3 Å². The van der Waals surface area contributed by atoms with E-state index in [4.69, 9.17) is 9.47 Å². The number of alkyl halides is 3. The summed E-state index contributed by atoms with van der Waals surface area (Å²) < 4.78 is 48.7. The minimum atomic E-state index is -4.50. The third-order valence-corrected chi connectivity index (χ3v) is 3.80. The van der Waals surface area contributed by atoms with Gasteiger partial charge in [-0.2, -0.15) is 13.2 Å². The second-order valence-electron chi connectivity index (χ2n) is 5.32. The van der Waals surface area contributed by atoms with Crippen LogP contribution in [0.25, 0.3) is 0 Å². The molecule has 8 heteroatoms. The van der Waals surface area contributed by atoms with Crippen LogP contribution in [-0.4, -0.2) is 48.6 Å². The first-order chi connectivity index (χ1) is 10.4. The zero-order valence-electron chi connectivity index (χ0n) is 11.3. The quantitative estimate of drug-likeness (QED) is 0.853. The number of fused-ring (bicyclic) bond motifs is 1. The minimum absolute atomic E-state index is 0.0863. The first-order valence-electron chi connectivity index (χ1n) is 6.75. The molecule has 0 saturated carbocycles. The fourth-order valence-electron chi connectivity index (χ4n) is 2.69. The number of carbonyl (C=O) groups excluding carboxylic acids is 1. The molecule has 0 aliphatic carbocycles. The summed E-state index contributed by atoms with van der Waals surface area (Å²) in [7, 11) is 0. The van der Waals surface area contributed by atoms with Crippen LogP contribution in [-0.2, 0) is 15.7 Å². The number of benzene rings is 1. The predicted octanol–water partition coefficient (Wildman–Crippen LogP) is 0.962. The molecule has 2 saturated heterocycles. The fraction of sp³-hybridized carbons (Fsp3) is 0.500. The Hall–Kier alpha value is -1.64. The second-order valence-corrected chi connectivity index (χ2v) is 5.32. The van der Waals surface area contributed by atoms with Gasteiger partial charge in [-0.25, -0.2) is 0 Å². The van der Waals surface area contributed by atoms with E-state index in [1.54, 1.807) is 0 Å². The standard InChI is InChI=1S/C14H14F3NO4/c15-14(16,17)8-3-1-2-7(4-8)13(20)18-9-5-21-12-10(19)6-22-11(9)12/h1-4,9-12,19H,5-6H2,(H,18,20)/t9-,10-,11+,12+/m0/s1. The van der Waals surface area contributed by atoms with Gasteiger partial charge in [-0.15, -0.1) is 0 Å². The molecule has 2 fully saturated rings. The van der Waals surface area contributed by atoms with Crippen LogP contribution in [0.3, 0.4) is 0 Å². The predicted molar refractivity (Wildman–Crippen MR) is 68.2 cm³/mol. The van der Waals surface area contributed by atoms with E-state index in [1.165, 1.54) is 12.1 Å². The van der Waals surface area contributed by atoms with E-state index < -0.39 is 42.0 Å². The van der Waals surface area contributed by atoms with Crippen LogP contribution in [0.2, 0.25) is 0 Å². The summed E-state index contributed by atoms with van der Waals surface area (Å²) in [5.41, 5.74) is -0.968. The summed E-state index contributed by atoms with van der Waals surface area (Å²) in [5, 5.41) is 12.2. The Balaban J connectivity index is 1.70. The Morgan fingerprint density at radius 2 is 1.95 bits per heavy atom. The van der Waals surface area contributed by atoms with E-state index in [-0.39, 0.29) is 18.8 Å². The number of nitrogens with one attached hydrogen (secondary N) is 1. The number of amides is 1. The van der Waals surface area contributed by atoms with Crippen molar-refractivity contribution >= 4 is 5.91 Å². The molecule has 0 unspecified atom stereocenters. The smallest absolute Gasteiger partial charge is 0.388 e. The maximum absolute atomic E-state index is 12.7. The highest BCUT2D eigenvalue weighted by Crippen LogP contribution is 2.30. The summed E-state index contributed by atoms with van der Waals surface area (Å²) in [6.07, 6.45) is -6.24. The highest BCUT2D eigenvalue weighted by atomic mass is 19.4. The SMILES string of the molecule is O=C(N[C@H]1CO[C@H]2[C@@H]1OC[C@@H]2O)c1cccc(C(F)(F)F)c1. The monoisotopic (exact) mass is 317 g/mol. The third-order valence-electron chi connectivity index (χ3n) is 3.80. The number of rotatable bonds is 2. The molecule has 4 atom stereocenters. The summed E-state index contributed by atoms with van der Waals surface area (Å²) >= 11 is 0. The van der Waals surface area contributed by atoms with Crippen LogP contribution in [0.15, 0.2) is 24.3 Å². The molecule has 0 radical (unpaired) electrons. The van der Waals surface area contributed by atoms with Crippen molar-refractivity contribution < 1.29 is 32.5 Å². The van der Waals surface area contributed by atoms with E-state index in [0.29, 0.717) is 0 Å². The highest BCUT2D eigenvalue weighted by molar-refractivity contribution is 5.94. The maximum atomic E-state index is 12.7. The van der Waals surface area contributed by atoms with Crippen LogP contribution in [0, 0.1) is 0 Å². The number of hydrogen-bond acceptors (Lipinski definition) is 4. The minimum Gasteiger partial charge on any atom is -0.388 e. The van der Waals surface area contributed by atoms with Crippen LogP contribution in [0.1, 0.15) is 15.9 Å². The number of carbonyl (C=O) groups is 1. The van der Waals surface area contributed by atoms with Gasteiger partial charge in [0.15, 0.2) is 0 Å². The first kappa shape index (κ1) is 15.3. The largest absolute Gasteiger partial charge is 0.416 e. The summed E-state index contributed by atoms with van der Waals surface area (Å²) in [6.45, 7) is 0.266. The van der Waals surface area contributed by atoms with Crippen molar-refractivity contribution in [3.8, 4) is 0 Å². The molecule has 120 valence electrons. The Morgan fingerprint density at radius 1 is 1.23 bits per heavy atom. The van der Waals surface area contributed by atoms with Crippen LogP contribution < -0.4 is 5.32 Å². The molecule has 0 aromatic heterocycles. The van der Waals surface area contributed by atoms with Crippen molar-refractivity contribution in [3.63, 3.8) is 0 Å². The molecule has 2 aliphatic heterocycles. The Morgan fingerprint density at radius 3 is 2.68 bits per heavy atom. The lowest BCUT2D eigenvalue weighted by atomic mass is 10.1. The molecule has 0 spiro atoms. The molecule has 5 nitrogen and oxygen atoms in total. The average molecular weight is 317 g/mol. The van der Waals surface area contributed by atoms with E-state index in [1.807, 2.05) is 0 Å². The van der Waals surface area contributed by atoms with Crippen molar-refractivity contribution in [2.24, 2.45) is 0 Å². The number of halogens is 3. The molecule has 1 aromatic carbocycles. The number of aliphatic hydroxyl groups excluding tert-OH is 1. The zero-order valence-corrected chi connectivity index (χ0v) is 11.3. The number of aliphatic hydroxyl groups is 1. The lowest BCUT2D eigenvalue weighted by Gasteiger charge is -2.17. The number of hydrogen-bond donors (Lipinski definition) is 2. The maximum Gasteiger partial charge on any atom is 0.416 e. The molecule has 22 heavy (non-hydrogen) atoms. The van der Waals surface area contributed by atoms with Crippen LogP contribution in [0.4, 0.5) is 13.2 Å². The van der Waals surface area contributed by atoms with Gasteiger partial charge in [0.2, 0.25) is 0 Å². The van der Waals surface area contributed by atoms with Crippen molar-refractivity contribution in [2.75, 3.05) is 13.2 Å². The van der Waals surface area contributed by atoms with Gasteiger partial charge in [-0.3, -0.25) is 4.79 Å². The Labute approximate surface area is 124 Å². The fourth-order valence-corrected chi connectivity index (χ4v) is 2.69. The number of ether oxygens (including phenoxy) is 2. The summed E-state index contributed by atoms with van der Waals surface area (Å²) in [6, 6.07) is 3.70. The highest BCUT2D eigenvalue weighted by Gasteiger charge is 2.47. The van der Waals surface area contributed by atoms with E-state index >= 15 is 0 Å². The van der Waals surface area contributed by atoms with Crippen molar-refractivity contribution in [3.05, 3.63) is 35.4 Å². The van der Waals surface area contributed by atoms with E-state index in [9.17, 15) is 23.1 Å². The summed E-state index contributed by atoms with van der Waals surface area (Å²) in [5.74, 6) is -0.634. The first-order valence-corrected chi connectivity index (χ1v) is 6.75.